The molecular weight excluding hydrogens is 256 g/mol. The first-order valence-electron chi connectivity index (χ1n) is 8.65. The van der Waals surface area contributed by atoms with Gasteiger partial charge in [-0.2, -0.15) is 0 Å². The molecule has 1 N–H and O–H groups in total. The van der Waals surface area contributed by atoms with Crippen LogP contribution in [0.15, 0.2) is 18.2 Å². The highest BCUT2D eigenvalue weighted by molar-refractivity contribution is 5.36. The molecular formula is C20H28O. The Labute approximate surface area is 128 Å². The summed E-state index contributed by atoms with van der Waals surface area (Å²) in [5, 5.41) is 11.3. The molecule has 0 spiro atoms. The van der Waals surface area contributed by atoms with E-state index in [0.717, 1.165) is 11.8 Å². The molecule has 4 aliphatic rings. The normalized spacial score (nSPS) is 42.3. The molecule has 0 saturated heterocycles. The molecule has 3 atom stereocenters. The number of rotatable bonds is 2. The fourth-order valence-electron chi connectivity index (χ4n) is 6.52. The summed E-state index contributed by atoms with van der Waals surface area (Å²) < 4.78 is 0. The highest BCUT2D eigenvalue weighted by Gasteiger charge is 2.58. The van der Waals surface area contributed by atoms with Gasteiger partial charge in [-0.1, -0.05) is 25.1 Å². The maximum absolute atomic E-state index is 11.3. The molecule has 1 nitrogen and oxygen atoms in total. The van der Waals surface area contributed by atoms with Crippen LogP contribution in [0, 0.1) is 36.5 Å². The van der Waals surface area contributed by atoms with Crippen molar-refractivity contribution in [3.05, 3.63) is 34.9 Å². The lowest BCUT2D eigenvalue weighted by atomic mass is 9.43. The van der Waals surface area contributed by atoms with Crippen molar-refractivity contribution in [2.45, 2.75) is 65.4 Å². The van der Waals surface area contributed by atoms with E-state index < -0.39 is 0 Å². The second-order valence-electron chi connectivity index (χ2n) is 8.83. The zero-order valence-electron chi connectivity index (χ0n) is 13.7. The molecule has 1 aromatic carbocycles. The fourth-order valence-corrected chi connectivity index (χ4v) is 6.52. The molecule has 4 bridgehead atoms. The van der Waals surface area contributed by atoms with Crippen molar-refractivity contribution in [1.29, 1.82) is 0 Å². The lowest BCUT2D eigenvalue weighted by Crippen LogP contribution is -2.53. The average Bonchev–Trinajstić information content (AvgIpc) is 2.38. The second-order valence-corrected chi connectivity index (χ2v) is 8.83. The first-order valence-corrected chi connectivity index (χ1v) is 8.65. The topological polar surface area (TPSA) is 20.2 Å². The summed E-state index contributed by atoms with van der Waals surface area (Å²) in [6, 6.07) is 6.43. The van der Waals surface area contributed by atoms with Crippen molar-refractivity contribution in [1.82, 2.24) is 0 Å². The molecule has 4 aliphatic carbocycles. The third kappa shape index (κ3) is 2.00. The number of benzene rings is 1. The van der Waals surface area contributed by atoms with Crippen LogP contribution in [0.5, 0.6) is 0 Å². The molecule has 0 aliphatic heterocycles. The Hall–Kier alpha value is -0.820. The van der Waals surface area contributed by atoms with Crippen molar-refractivity contribution in [2.24, 2.45) is 22.7 Å². The van der Waals surface area contributed by atoms with Crippen LogP contribution < -0.4 is 0 Å². The van der Waals surface area contributed by atoms with Crippen molar-refractivity contribution in [3.8, 4) is 0 Å². The van der Waals surface area contributed by atoms with Gasteiger partial charge in [0.05, 0.1) is 6.10 Å². The van der Waals surface area contributed by atoms with E-state index in [9.17, 15) is 5.11 Å². The minimum Gasteiger partial charge on any atom is -0.388 e. The number of aryl methyl sites for hydroxylation is 1. The molecule has 21 heavy (non-hydrogen) atoms. The quantitative estimate of drug-likeness (QED) is 0.815. The van der Waals surface area contributed by atoms with Gasteiger partial charge in [0, 0.05) is 5.41 Å². The Bertz CT molecular complexity index is 559. The Morgan fingerprint density at radius 2 is 1.76 bits per heavy atom. The lowest BCUT2D eigenvalue weighted by Gasteiger charge is -2.62. The van der Waals surface area contributed by atoms with E-state index >= 15 is 0 Å². The van der Waals surface area contributed by atoms with Crippen LogP contribution in [0.1, 0.15) is 68.2 Å². The number of hydrogen-bond acceptors (Lipinski definition) is 1. The molecule has 0 heterocycles. The summed E-state index contributed by atoms with van der Waals surface area (Å²) in [7, 11) is 0. The van der Waals surface area contributed by atoms with Crippen LogP contribution >= 0.6 is 0 Å². The van der Waals surface area contributed by atoms with Gasteiger partial charge < -0.3 is 5.11 Å². The molecule has 3 unspecified atom stereocenters. The van der Waals surface area contributed by atoms with Crippen molar-refractivity contribution in [2.75, 3.05) is 0 Å². The van der Waals surface area contributed by atoms with Gasteiger partial charge >= 0.3 is 0 Å². The van der Waals surface area contributed by atoms with Gasteiger partial charge in [-0.15, -0.1) is 0 Å². The van der Waals surface area contributed by atoms with Crippen molar-refractivity contribution >= 4 is 0 Å². The molecule has 0 aromatic heterocycles. The highest BCUT2D eigenvalue weighted by atomic mass is 16.3. The summed E-state index contributed by atoms with van der Waals surface area (Å²) in [6.07, 6.45) is 7.73. The first-order chi connectivity index (χ1) is 9.91. The summed E-state index contributed by atoms with van der Waals surface area (Å²) in [4.78, 5) is 0. The smallest absolute Gasteiger partial charge is 0.0849 e. The van der Waals surface area contributed by atoms with Crippen LogP contribution in [0.2, 0.25) is 0 Å². The summed E-state index contributed by atoms with van der Waals surface area (Å²) >= 11 is 0. The van der Waals surface area contributed by atoms with Crippen LogP contribution in [0.3, 0.4) is 0 Å². The predicted octanol–water partition coefficient (Wildman–Crippen LogP) is 4.94. The summed E-state index contributed by atoms with van der Waals surface area (Å²) in [6.45, 7) is 6.82. The predicted molar refractivity (Wildman–Crippen MR) is 86.1 cm³/mol. The molecule has 0 radical (unpaired) electrons. The molecule has 4 saturated carbocycles. The van der Waals surface area contributed by atoms with E-state index in [1.165, 1.54) is 55.2 Å². The monoisotopic (exact) mass is 284 g/mol. The molecule has 4 fully saturated rings. The summed E-state index contributed by atoms with van der Waals surface area (Å²) in [5.41, 5.74) is 4.47. The van der Waals surface area contributed by atoms with Crippen molar-refractivity contribution < 1.29 is 5.11 Å². The largest absolute Gasteiger partial charge is 0.388 e. The van der Waals surface area contributed by atoms with Gasteiger partial charge in [-0.25, -0.2) is 0 Å². The third-order valence-electron chi connectivity index (χ3n) is 6.92. The maximum atomic E-state index is 11.3. The van der Waals surface area contributed by atoms with Gasteiger partial charge in [0.15, 0.2) is 0 Å². The van der Waals surface area contributed by atoms with Crippen LogP contribution in [0.4, 0.5) is 0 Å². The number of hydrogen-bond donors (Lipinski definition) is 1. The second kappa shape index (κ2) is 4.35. The zero-order chi connectivity index (χ0) is 14.8. The number of aliphatic hydroxyl groups is 1. The highest BCUT2D eigenvalue weighted by Crippen LogP contribution is 2.68. The minimum atomic E-state index is -0.261. The molecule has 1 aromatic rings. The van der Waals surface area contributed by atoms with Gasteiger partial charge in [0.2, 0.25) is 0 Å². The van der Waals surface area contributed by atoms with Gasteiger partial charge in [0.1, 0.15) is 0 Å². The molecule has 1 heteroatoms. The number of aliphatic hydroxyl groups excluding tert-OH is 1. The van der Waals surface area contributed by atoms with E-state index in [4.69, 9.17) is 0 Å². The van der Waals surface area contributed by atoms with Gasteiger partial charge in [-0.05, 0) is 86.3 Å². The maximum Gasteiger partial charge on any atom is 0.0849 e. The molecule has 0 amide bonds. The SMILES string of the molecule is Cc1cccc(C(O)C23CC4CC(CC(C)(C4)C2)C3)c1C. The fraction of sp³-hybridized carbons (Fsp3) is 0.700. The van der Waals surface area contributed by atoms with E-state index in [1.807, 2.05) is 0 Å². The Morgan fingerprint density at radius 3 is 2.38 bits per heavy atom. The Kier molecular flexibility index (Phi) is 2.86. The van der Waals surface area contributed by atoms with Crippen LogP contribution in [-0.4, -0.2) is 5.11 Å². The van der Waals surface area contributed by atoms with Crippen LogP contribution in [-0.2, 0) is 0 Å². The Balaban J connectivity index is 1.74. The summed E-state index contributed by atoms with van der Waals surface area (Å²) in [5.74, 6) is 1.74. The standard InChI is InChI=1S/C20H28O/c1-13-5-4-6-17(14(13)2)18(21)20-10-15-7-16(11-20)9-19(3,8-15)12-20/h4-6,15-16,18,21H,7-12H2,1-3H3. The molecule has 114 valence electrons. The first kappa shape index (κ1) is 13.8. The zero-order valence-corrected chi connectivity index (χ0v) is 13.7. The third-order valence-corrected chi connectivity index (χ3v) is 6.92. The molecule has 5 rings (SSSR count). The van der Waals surface area contributed by atoms with Crippen molar-refractivity contribution in [3.63, 3.8) is 0 Å². The van der Waals surface area contributed by atoms with Gasteiger partial charge in [-0.3, -0.25) is 0 Å². The van der Waals surface area contributed by atoms with E-state index in [1.54, 1.807) is 0 Å². The Morgan fingerprint density at radius 1 is 1.10 bits per heavy atom. The van der Waals surface area contributed by atoms with Crippen LogP contribution in [0.25, 0.3) is 0 Å². The van der Waals surface area contributed by atoms with E-state index in [2.05, 4.69) is 39.0 Å². The van der Waals surface area contributed by atoms with Gasteiger partial charge in [0.25, 0.3) is 0 Å². The average molecular weight is 284 g/mol. The van der Waals surface area contributed by atoms with E-state index in [-0.39, 0.29) is 11.5 Å². The minimum absolute atomic E-state index is 0.164. The lowest BCUT2D eigenvalue weighted by molar-refractivity contribution is -0.155. The van der Waals surface area contributed by atoms with E-state index in [0.29, 0.717) is 5.41 Å².